The van der Waals surface area contributed by atoms with Crippen molar-refractivity contribution in [3.63, 3.8) is 0 Å². The second-order valence-electron chi connectivity index (χ2n) is 5.81. The molecule has 1 aliphatic heterocycles. The molecule has 0 amide bonds. The third-order valence-corrected chi connectivity index (χ3v) is 4.26. The molecular formula is C15H21ClN2S. The Kier molecular flexibility index (Phi) is 4.82. The first-order valence-electron chi connectivity index (χ1n) is 6.76. The number of halogens is 1. The summed E-state index contributed by atoms with van der Waals surface area (Å²) in [7, 11) is 0. The second-order valence-corrected chi connectivity index (χ2v) is 6.66. The molecule has 1 aromatic carbocycles. The standard InChI is InChI=1S/C15H21ClN2S/c1-10-5-11(2)8-18(7-10)9-13-4-3-12(15(17)19)6-14(13)16/h3-4,6,10-11H,5,7-9H2,1-2H3,(H2,17,19). The molecule has 2 nitrogen and oxygen atoms in total. The van der Waals surface area contributed by atoms with Gasteiger partial charge >= 0.3 is 0 Å². The van der Waals surface area contributed by atoms with Crippen molar-refractivity contribution in [3.8, 4) is 0 Å². The average molecular weight is 297 g/mol. The molecule has 19 heavy (non-hydrogen) atoms. The van der Waals surface area contributed by atoms with Crippen LogP contribution in [0.25, 0.3) is 0 Å². The van der Waals surface area contributed by atoms with Crippen molar-refractivity contribution in [1.82, 2.24) is 4.90 Å². The summed E-state index contributed by atoms with van der Waals surface area (Å²) in [6.07, 6.45) is 1.32. The SMILES string of the molecule is CC1CC(C)CN(Cc2ccc(C(N)=S)cc2Cl)C1. The quantitative estimate of drug-likeness (QED) is 0.866. The minimum absolute atomic E-state index is 0.397. The lowest BCUT2D eigenvalue weighted by molar-refractivity contribution is 0.134. The maximum Gasteiger partial charge on any atom is 0.104 e. The Morgan fingerprint density at radius 3 is 2.53 bits per heavy atom. The maximum atomic E-state index is 6.32. The van der Waals surface area contributed by atoms with Gasteiger partial charge in [-0.3, -0.25) is 4.90 Å². The molecule has 4 heteroatoms. The van der Waals surface area contributed by atoms with Crippen molar-refractivity contribution in [2.45, 2.75) is 26.8 Å². The van der Waals surface area contributed by atoms with Gasteiger partial charge in [0.05, 0.1) is 0 Å². The highest BCUT2D eigenvalue weighted by molar-refractivity contribution is 7.80. The van der Waals surface area contributed by atoms with Gasteiger partial charge in [0.1, 0.15) is 4.99 Å². The topological polar surface area (TPSA) is 29.3 Å². The van der Waals surface area contributed by atoms with Gasteiger partial charge in [-0.15, -0.1) is 0 Å². The van der Waals surface area contributed by atoms with Gasteiger partial charge in [0.15, 0.2) is 0 Å². The summed E-state index contributed by atoms with van der Waals surface area (Å²) in [4.78, 5) is 2.88. The van der Waals surface area contributed by atoms with Crippen LogP contribution in [0.1, 0.15) is 31.4 Å². The first kappa shape index (κ1) is 14.8. The number of benzene rings is 1. The monoisotopic (exact) mass is 296 g/mol. The summed E-state index contributed by atoms with van der Waals surface area (Å²) in [5.74, 6) is 1.52. The lowest BCUT2D eigenvalue weighted by Crippen LogP contribution is -2.38. The van der Waals surface area contributed by atoms with Crippen molar-refractivity contribution < 1.29 is 0 Å². The van der Waals surface area contributed by atoms with Crippen LogP contribution in [0.4, 0.5) is 0 Å². The first-order chi connectivity index (χ1) is 8.95. The Balaban J connectivity index is 2.08. The molecule has 2 atom stereocenters. The van der Waals surface area contributed by atoms with E-state index in [1.807, 2.05) is 18.2 Å². The van der Waals surface area contributed by atoms with E-state index in [2.05, 4.69) is 18.7 Å². The van der Waals surface area contributed by atoms with E-state index < -0.39 is 0 Å². The fourth-order valence-corrected chi connectivity index (χ4v) is 3.36. The van der Waals surface area contributed by atoms with Crippen LogP contribution in [0.5, 0.6) is 0 Å². The number of hydrogen-bond donors (Lipinski definition) is 1. The molecule has 1 aromatic rings. The van der Waals surface area contributed by atoms with Gasteiger partial charge in [-0.1, -0.05) is 49.8 Å². The summed E-state index contributed by atoms with van der Waals surface area (Å²) in [5, 5.41) is 0.760. The van der Waals surface area contributed by atoms with E-state index in [-0.39, 0.29) is 0 Å². The van der Waals surface area contributed by atoms with Gasteiger partial charge in [0.25, 0.3) is 0 Å². The van der Waals surface area contributed by atoms with E-state index in [1.54, 1.807) is 0 Å². The molecule has 104 valence electrons. The zero-order valence-electron chi connectivity index (χ0n) is 11.5. The highest BCUT2D eigenvalue weighted by atomic mass is 35.5. The highest BCUT2D eigenvalue weighted by Gasteiger charge is 2.22. The van der Waals surface area contributed by atoms with Crippen molar-refractivity contribution in [3.05, 3.63) is 34.3 Å². The number of piperidine rings is 1. The number of rotatable bonds is 3. The second kappa shape index (κ2) is 6.21. The number of nitrogens with two attached hydrogens (primary N) is 1. The van der Waals surface area contributed by atoms with Crippen LogP contribution >= 0.6 is 23.8 Å². The van der Waals surface area contributed by atoms with Gasteiger partial charge in [-0.25, -0.2) is 0 Å². The van der Waals surface area contributed by atoms with E-state index in [4.69, 9.17) is 29.6 Å². The van der Waals surface area contributed by atoms with E-state index >= 15 is 0 Å². The molecule has 0 bridgehead atoms. The molecule has 0 saturated carbocycles. The highest BCUT2D eigenvalue weighted by Crippen LogP contribution is 2.25. The van der Waals surface area contributed by atoms with E-state index in [0.29, 0.717) is 4.99 Å². The van der Waals surface area contributed by atoms with Gasteiger partial charge in [0, 0.05) is 30.2 Å². The van der Waals surface area contributed by atoms with E-state index in [0.717, 1.165) is 47.6 Å². The molecule has 2 unspecified atom stereocenters. The van der Waals surface area contributed by atoms with E-state index in [1.165, 1.54) is 6.42 Å². The predicted octanol–water partition coefficient (Wildman–Crippen LogP) is 3.45. The molecule has 1 aliphatic rings. The van der Waals surface area contributed by atoms with Crippen LogP contribution < -0.4 is 5.73 Å². The van der Waals surface area contributed by atoms with Gasteiger partial charge in [-0.2, -0.15) is 0 Å². The molecular weight excluding hydrogens is 276 g/mol. The molecule has 0 aromatic heterocycles. The molecule has 0 aliphatic carbocycles. The maximum absolute atomic E-state index is 6.32. The van der Waals surface area contributed by atoms with Crippen LogP contribution in [0.2, 0.25) is 5.02 Å². The van der Waals surface area contributed by atoms with Gasteiger partial charge in [0.2, 0.25) is 0 Å². The molecule has 0 radical (unpaired) electrons. The smallest absolute Gasteiger partial charge is 0.104 e. The largest absolute Gasteiger partial charge is 0.389 e. The number of hydrogen-bond acceptors (Lipinski definition) is 2. The predicted molar refractivity (Wildman–Crippen MR) is 85.6 cm³/mol. The van der Waals surface area contributed by atoms with Gasteiger partial charge < -0.3 is 5.73 Å². The molecule has 2 N–H and O–H groups in total. The lowest BCUT2D eigenvalue weighted by atomic mass is 9.91. The third-order valence-electron chi connectivity index (χ3n) is 3.68. The molecule has 0 spiro atoms. The Labute approximate surface area is 125 Å². The summed E-state index contributed by atoms with van der Waals surface area (Å²) in [6, 6.07) is 5.87. The molecule has 1 saturated heterocycles. The minimum Gasteiger partial charge on any atom is -0.389 e. The third kappa shape index (κ3) is 3.91. The van der Waals surface area contributed by atoms with E-state index in [9.17, 15) is 0 Å². The molecule has 1 heterocycles. The fraction of sp³-hybridized carbons (Fsp3) is 0.533. The van der Waals surface area contributed by atoms with Crippen LogP contribution in [-0.2, 0) is 6.54 Å². The molecule has 1 fully saturated rings. The normalized spacial score (nSPS) is 24.4. The van der Waals surface area contributed by atoms with Crippen molar-refractivity contribution in [1.29, 1.82) is 0 Å². The Morgan fingerprint density at radius 1 is 1.37 bits per heavy atom. The van der Waals surface area contributed by atoms with Crippen LogP contribution in [-0.4, -0.2) is 23.0 Å². The Hall–Kier alpha value is -0.640. The van der Waals surface area contributed by atoms with Crippen LogP contribution in [0.3, 0.4) is 0 Å². The van der Waals surface area contributed by atoms with Crippen molar-refractivity contribution in [2.24, 2.45) is 17.6 Å². The van der Waals surface area contributed by atoms with Gasteiger partial charge in [-0.05, 0) is 29.9 Å². The summed E-state index contributed by atoms with van der Waals surface area (Å²) < 4.78 is 0. The zero-order valence-corrected chi connectivity index (χ0v) is 13.1. The Morgan fingerprint density at radius 2 is 2.00 bits per heavy atom. The van der Waals surface area contributed by atoms with Crippen LogP contribution in [0, 0.1) is 11.8 Å². The number of nitrogens with zero attached hydrogens (tertiary/aromatic N) is 1. The van der Waals surface area contributed by atoms with Crippen LogP contribution in [0.15, 0.2) is 18.2 Å². The summed E-state index contributed by atoms with van der Waals surface area (Å²) >= 11 is 11.3. The minimum atomic E-state index is 0.397. The average Bonchev–Trinajstić information content (AvgIpc) is 2.30. The fourth-order valence-electron chi connectivity index (χ4n) is 2.99. The lowest BCUT2D eigenvalue weighted by Gasteiger charge is -2.35. The summed E-state index contributed by atoms with van der Waals surface area (Å²) in [6.45, 7) is 7.85. The number of likely N-dealkylation sites (tertiary alicyclic amines) is 1. The zero-order chi connectivity index (χ0) is 14.0. The first-order valence-corrected chi connectivity index (χ1v) is 7.55. The van der Waals surface area contributed by atoms with Crippen molar-refractivity contribution >= 4 is 28.8 Å². The Bertz CT molecular complexity index is 465. The van der Waals surface area contributed by atoms with Crippen molar-refractivity contribution in [2.75, 3.05) is 13.1 Å². The number of thiocarbonyl (C=S) groups is 1. The molecule has 2 rings (SSSR count). The summed E-state index contributed by atoms with van der Waals surface area (Å²) in [5.41, 5.74) is 7.61.